The van der Waals surface area contributed by atoms with Crippen LogP contribution in [0, 0.1) is 5.82 Å². The molecule has 1 aliphatic heterocycles. The smallest absolute Gasteiger partial charge is 0.258 e. The molecule has 0 spiro atoms. The van der Waals surface area contributed by atoms with Crippen LogP contribution in [0.15, 0.2) is 47.8 Å². The number of benzene rings is 2. The molecule has 6 nitrogen and oxygen atoms in total. The molecule has 0 bridgehead atoms. The minimum absolute atomic E-state index is 0.0390. The van der Waals surface area contributed by atoms with E-state index in [9.17, 15) is 14.0 Å². The number of carbonyl (C=O) groups excluding carboxylic acids is 2. The van der Waals surface area contributed by atoms with Gasteiger partial charge in [0.2, 0.25) is 5.91 Å². The number of fused-ring (bicyclic) bond motifs is 1. The summed E-state index contributed by atoms with van der Waals surface area (Å²) >= 11 is 1.42. The highest BCUT2D eigenvalue weighted by Crippen LogP contribution is 2.34. The summed E-state index contributed by atoms with van der Waals surface area (Å²) in [6.45, 7) is 0.957. The van der Waals surface area contributed by atoms with E-state index in [2.05, 4.69) is 21.3 Å². The van der Waals surface area contributed by atoms with Gasteiger partial charge in [-0.05, 0) is 68.3 Å². The third-order valence-electron chi connectivity index (χ3n) is 6.95. The molecule has 2 aromatic carbocycles. The monoisotopic (exact) mass is 492 g/mol. The molecule has 182 valence electrons. The molecule has 0 radical (unpaired) electrons. The van der Waals surface area contributed by atoms with Crippen molar-refractivity contribution in [3.05, 3.63) is 64.8 Å². The number of hydrogen-bond acceptors (Lipinski definition) is 5. The van der Waals surface area contributed by atoms with Crippen LogP contribution in [0.1, 0.15) is 48.0 Å². The Balaban J connectivity index is 1.23. The maximum atomic E-state index is 13.2. The average Bonchev–Trinajstić information content (AvgIpc) is 3.51. The molecule has 2 amide bonds. The van der Waals surface area contributed by atoms with Crippen molar-refractivity contribution in [2.75, 3.05) is 30.4 Å². The maximum absolute atomic E-state index is 13.2. The summed E-state index contributed by atoms with van der Waals surface area (Å²) < 4.78 is 13.2. The molecule has 35 heavy (non-hydrogen) atoms. The SMILES string of the molecule is CN(CC(=O)Nc1nc(-c2ccc3c(c2)CCN3C(=O)c2ccc(F)cc2)cs1)C1CCCCC1. The Morgan fingerprint density at radius 1 is 1.14 bits per heavy atom. The Hall–Kier alpha value is -3.10. The highest BCUT2D eigenvalue weighted by atomic mass is 32.1. The number of nitrogens with one attached hydrogen (secondary N) is 1. The van der Waals surface area contributed by atoms with Gasteiger partial charge in [0, 0.05) is 34.8 Å². The summed E-state index contributed by atoms with van der Waals surface area (Å²) in [5, 5.41) is 5.48. The van der Waals surface area contributed by atoms with Crippen molar-refractivity contribution < 1.29 is 14.0 Å². The second-order valence-corrected chi connectivity index (χ2v) is 10.2. The van der Waals surface area contributed by atoms with Gasteiger partial charge in [0.1, 0.15) is 5.82 Å². The van der Waals surface area contributed by atoms with Crippen molar-refractivity contribution >= 4 is 34.0 Å². The minimum Gasteiger partial charge on any atom is -0.308 e. The Morgan fingerprint density at radius 3 is 2.69 bits per heavy atom. The van der Waals surface area contributed by atoms with Gasteiger partial charge in [-0.2, -0.15) is 0 Å². The number of aromatic nitrogens is 1. The number of carbonyl (C=O) groups is 2. The maximum Gasteiger partial charge on any atom is 0.258 e. The lowest BCUT2D eigenvalue weighted by molar-refractivity contribution is -0.117. The van der Waals surface area contributed by atoms with Crippen molar-refractivity contribution in [2.45, 2.75) is 44.6 Å². The van der Waals surface area contributed by atoms with Crippen LogP contribution in [-0.2, 0) is 11.2 Å². The van der Waals surface area contributed by atoms with E-state index in [0.29, 0.717) is 29.8 Å². The number of halogens is 1. The molecule has 1 aliphatic carbocycles. The first-order valence-corrected chi connectivity index (χ1v) is 13.0. The first-order chi connectivity index (χ1) is 17.0. The number of amides is 2. The quantitative estimate of drug-likeness (QED) is 0.504. The molecule has 2 heterocycles. The molecule has 0 unspecified atom stereocenters. The molecule has 1 N–H and O–H groups in total. The zero-order chi connectivity index (χ0) is 24.4. The van der Waals surface area contributed by atoms with Crippen molar-refractivity contribution in [1.29, 1.82) is 0 Å². The Bertz CT molecular complexity index is 1220. The molecule has 0 saturated heterocycles. The number of anilines is 2. The summed E-state index contributed by atoms with van der Waals surface area (Å²) in [5.41, 5.74) is 4.17. The lowest BCUT2D eigenvalue weighted by Gasteiger charge is -2.30. The van der Waals surface area contributed by atoms with E-state index < -0.39 is 0 Å². The summed E-state index contributed by atoms with van der Waals surface area (Å²) in [6.07, 6.45) is 6.85. The van der Waals surface area contributed by atoms with E-state index in [4.69, 9.17) is 0 Å². The van der Waals surface area contributed by atoms with Gasteiger partial charge in [0.25, 0.3) is 5.91 Å². The zero-order valence-electron chi connectivity index (χ0n) is 19.8. The van der Waals surface area contributed by atoms with Gasteiger partial charge in [0.15, 0.2) is 5.13 Å². The van der Waals surface area contributed by atoms with Crippen LogP contribution >= 0.6 is 11.3 Å². The topological polar surface area (TPSA) is 65.5 Å². The van der Waals surface area contributed by atoms with Gasteiger partial charge >= 0.3 is 0 Å². The van der Waals surface area contributed by atoms with Gasteiger partial charge < -0.3 is 10.2 Å². The summed E-state index contributed by atoms with van der Waals surface area (Å²) in [4.78, 5) is 34.0. The van der Waals surface area contributed by atoms with Crippen LogP contribution in [0.5, 0.6) is 0 Å². The number of rotatable bonds is 6. The molecule has 1 saturated carbocycles. The fourth-order valence-corrected chi connectivity index (χ4v) is 5.76. The fourth-order valence-electron chi connectivity index (χ4n) is 5.02. The highest BCUT2D eigenvalue weighted by molar-refractivity contribution is 7.14. The van der Waals surface area contributed by atoms with E-state index in [1.165, 1.54) is 54.9 Å². The van der Waals surface area contributed by atoms with Crippen LogP contribution in [0.3, 0.4) is 0 Å². The van der Waals surface area contributed by atoms with Gasteiger partial charge in [-0.1, -0.05) is 25.3 Å². The van der Waals surface area contributed by atoms with Crippen molar-refractivity contribution in [2.24, 2.45) is 0 Å². The second-order valence-electron chi connectivity index (χ2n) is 9.35. The summed E-state index contributed by atoms with van der Waals surface area (Å²) in [6, 6.07) is 12.1. The minimum atomic E-state index is -0.358. The summed E-state index contributed by atoms with van der Waals surface area (Å²) in [7, 11) is 2.03. The molecular weight excluding hydrogens is 463 g/mol. The van der Waals surface area contributed by atoms with E-state index in [-0.39, 0.29) is 17.6 Å². The predicted octanol–water partition coefficient (Wildman–Crippen LogP) is 5.36. The van der Waals surface area contributed by atoms with Crippen molar-refractivity contribution in [1.82, 2.24) is 9.88 Å². The number of thiazole rings is 1. The average molecular weight is 493 g/mol. The first kappa shape index (κ1) is 23.6. The molecule has 0 atom stereocenters. The van der Waals surface area contributed by atoms with Crippen molar-refractivity contribution in [3.63, 3.8) is 0 Å². The van der Waals surface area contributed by atoms with Gasteiger partial charge in [0.05, 0.1) is 12.2 Å². The third kappa shape index (κ3) is 5.28. The molecule has 2 aliphatic rings. The van der Waals surface area contributed by atoms with Gasteiger partial charge in [-0.15, -0.1) is 11.3 Å². The fraction of sp³-hybridized carbons (Fsp3) is 0.370. The molecule has 5 rings (SSSR count). The van der Waals surface area contributed by atoms with Crippen LogP contribution < -0.4 is 10.2 Å². The van der Waals surface area contributed by atoms with Crippen molar-refractivity contribution in [3.8, 4) is 11.3 Å². The molecular formula is C27H29FN4O2S. The van der Waals surface area contributed by atoms with Crippen LogP contribution in [-0.4, -0.2) is 47.9 Å². The number of likely N-dealkylation sites (N-methyl/N-ethyl adjacent to an activating group) is 1. The van der Waals surface area contributed by atoms with E-state index in [0.717, 1.165) is 41.8 Å². The van der Waals surface area contributed by atoms with Crippen LogP contribution in [0.4, 0.5) is 15.2 Å². The lowest BCUT2D eigenvalue weighted by atomic mass is 9.94. The molecule has 3 aromatic rings. The first-order valence-electron chi connectivity index (χ1n) is 12.1. The van der Waals surface area contributed by atoms with Crippen LogP contribution in [0.2, 0.25) is 0 Å². The standard InChI is InChI=1S/C27H29FN4O2S/c1-31(22-5-3-2-4-6-22)16-25(33)30-27-29-23(17-35-27)19-9-12-24-20(15-19)13-14-32(24)26(34)18-7-10-21(28)11-8-18/h7-12,15,17,22H,2-6,13-14,16H2,1H3,(H,29,30,33). The molecule has 1 aromatic heterocycles. The van der Waals surface area contributed by atoms with Gasteiger partial charge in [-0.3, -0.25) is 14.5 Å². The Morgan fingerprint density at radius 2 is 1.91 bits per heavy atom. The largest absolute Gasteiger partial charge is 0.308 e. The van der Waals surface area contributed by atoms with Gasteiger partial charge in [-0.25, -0.2) is 9.37 Å². The summed E-state index contributed by atoms with van der Waals surface area (Å²) in [5.74, 6) is -0.528. The van der Waals surface area contributed by atoms with E-state index in [1.807, 2.05) is 24.6 Å². The van der Waals surface area contributed by atoms with E-state index in [1.54, 1.807) is 4.90 Å². The number of hydrogen-bond donors (Lipinski definition) is 1. The molecule has 8 heteroatoms. The predicted molar refractivity (Wildman–Crippen MR) is 137 cm³/mol. The number of nitrogens with zero attached hydrogens (tertiary/aromatic N) is 3. The van der Waals surface area contributed by atoms with E-state index >= 15 is 0 Å². The zero-order valence-corrected chi connectivity index (χ0v) is 20.6. The normalized spacial score (nSPS) is 15.9. The molecule has 1 fully saturated rings. The highest BCUT2D eigenvalue weighted by Gasteiger charge is 2.26. The Labute approximate surface area is 208 Å². The third-order valence-corrected chi connectivity index (χ3v) is 7.71. The van der Waals surface area contributed by atoms with Crippen LogP contribution in [0.25, 0.3) is 11.3 Å². The second kappa shape index (κ2) is 10.3. The lowest BCUT2D eigenvalue weighted by Crippen LogP contribution is -2.39. The Kier molecular flexibility index (Phi) is 6.92.